The standard InChI is InChI=1S/C17H30O4/c1-15(18)10-8-6-4-3-5-7-9-11-17-19-12-16(2,13-20-17)14-21-17/h6,8,15,18H,3-5,7,9-14H2,1-2H3/b8-6-. The normalized spacial score (nSPS) is 33.7. The number of aliphatic hydroxyl groups is 1. The largest absolute Gasteiger partial charge is 0.393 e. The van der Waals surface area contributed by atoms with Crippen molar-refractivity contribution in [3.63, 3.8) is 0 Å². The van der Waals surface area contributed by atoms with Crippen LogP contribution in [-0.4, -0.2) is 37.0 Å². The van der Waals surface area contributed by atoms with E-state index in [1.54, 1.807) is 0 Å². The Bertz CT molecular complexity index is 313. The van der Waals surface area contributed by atoms with Crippen molar-refractivity contribution in [2.45, 2.75) is 70.9 Å². The van der Waals surface area contributed by atoms with E-state index in [2.05, 4.69) is 19.1 Å². The van der Waals surface area contributed by atoms with Crippen LogP contribution in [0.1, 0.15) is 58.8 Å². The van der Waals surface area contributed by atoms with Crippen LogP contribution in [0.4, 0.5) is 0 Å². The van der Waals surface area contributed by atoms with Crippen molar-refractivity contribution in [1.29, 1.82) is 0 Å². The quantitative estimate of drug-likeness (QED) is 0.523. The van der Waals surface area contributed by atoms with Gasteiger partial charge in [-0.3, -0.25) is 0 Å². The number of fused-ring (bicyclic) bond motifs is 3. The molecule has 3 heterocycles. The fraction of sp³-hybridized carbons (Fsp3) is 0.882. The van der Waals surface area contributed by atoms with Crippen LogP contribution in [-0.2, 0) is 14.2 Å². The summed E-state index contributed by atoms with van der Waals surface area (Å²) in [5.41, 5.74) is 0.0557. The van der Waals surface area contributed by atoms with Gasteiger partial charge in [-0.15, -0.1) is 0 Å². The smallest absolute Gasteiger partial charge is 0.282 e. The molecule has 3 aliphatic heterocycles. The minimum absolute atomic E-state index is 0.0557. The highest BCUT2D eigenvalue weighted by Gasteiger charge is 2.49. The van der Waals surface area contributed by atoms with Crippen LogP contribution < -0.4 is 0 Å². The molecule has 0 aliphatic carbocycles. The number of unbranched alkanes of at least 4 members (excludes halogenated alkanes) is 4. The highest BCUT2D eigenvalue weighted by Crippen LogP contribution is 2.40. The first-order valence-electron chi connectivity index (χ1n) is 8.29. The maximum absolute atomic E-state index is 9.13. The van der Waals surface area contributed by atoms with Gasteiger partial charge < -0.3 is 19.3 Å². The Hall–Kier alpha value is -0.420. The monoisotopic (exact) mass is 298 g/mol. The third-order valence-corrected chi connectivity index (χ3v) is 4.17. The maximum Gasteiger partial charge on any atom is 0.282 e. The van der Waals surface area contributed by atoms with Crippen LogP contribution in [0.2, 0.25) is 0 Å². The molecule has 0 spiro atoms. The van der Waals surface area contributed by atoms with Gasteiger partial charge in [0, 0.05) is 11.8 Å². The molecular weight excluding hydrogens is 268 g/mol. The summed E-state index contributed by atoms with van der Waals surface area (Å²) < 4.78 is 17.3. The Morgan fingerprint density at radius 3 is 2.24 bits per heavy atom. The maximum atomic E-state index is 9.13. The molecule has 122 valence electrons. The Labute approximate surface area is 128 Å². The summed E-state index contributed by atoms with van der Waals surface area (Å²) in [6.07, 6.45) is 11.4. The van der Waals surface area contributed by atoms with Crippen LogP contribution in [0.15, 0.2) is 12.2 Å². The Morgan fingerprint density at radius 2 is 1.62 bits per heavy atom. The van der Waals surface area contributed by atoms with Gasteiger partial charge in [-0.1, -0.05) is 31.9 Å². The van der Waals surface area contributed by atoms with E-state index in [-0.39, 0.29) is 11.5 Å². The molecule has 0 amide bonds. The van der Waals surface area contributed by atoms with Gasteiger partial charge in [0.25, 0.3) is 5.97 Å². The summed E-state index contributed by atoms with van der Waals surface area (Å²) in [7, 11) is 0. The summed E-state index contributed by atoms with van der Waals surface area (Å²) in [5, 5.41) is 9.13. The van der Waals surface area contributed by atoms with Crippen molar-refractivity contribution in [2.75, 3.05) is 19.8 Å². The summed E-state index contributed by atoms with van der Waals surface area (Å²) >= 11 is 0. The second kappa shape index (κ2) is 7.73. The minimum Gasteiger partial charge on any atom is -0.393 e. The lowest BCUT2D eigenvalue weighted by atomic mass is 9.91. The molecule has 0 aromatic rings. The lowest BCUT2D eigenvalue weighted by Crippen LogP contribution is -2.58. The second-order valence-corrected chi connectivity index (χ2v) is 6.87. The summed E-state index contributed by atoms with van der Waals surface area (Å²) in [5.74, 6) is -0.741. The molecular formula is C17H30O4. The highest BCUT2D eigenvalue weighted by molar-refractivity contribution is 4.85. The van der Waals surface area contributed by atoms with Crippen LogP contribution in [0.25, 0.3) is 0 Å². The molecule has 0 saturated carbocycles. The third-order valence-electron chi connectivity index (χ3n) is 4.17. The molecule has 0 radical (unpaired) electrons. The van der Waals surface area contributed by atoms with E-state index < -0.39 is 5.97 Å². The molecule has 0 aromatic heterocycles. The van der Waals surface area contributed by atoms with Gasteiger partial charge in [0.05, 0.1) is 25.9 Å². The fourth-order valence-corrected chi connectivity index (χ4v) is 2.69. The van der Waals surface area contributed by atoms with Gasteiger partial charge in [-0.05, 0) is 32.6 Å². The lowest BCUT2D eigenvalue weighted by molar-refractivity contribution is -0.467. The average molecular weight is 298 g/mol. The number of hydrogen-bond acceptors (Lipinski definition) is 4. The molecule has 1 N–H and O–H groups in total. The molecule has 3 saturated heterocycles. The van der Waals surface area contributed by atoms with Gasteiger partial charge in [0.15, 0.2) is 0 Å². The zero-order chi connectivity index (χ0) is 15.2. The molecule has 1 atom stereocenters. The first-order valence-corrected chi connectivity index (χ1v) is 8.29. The molecule has 21 heavy (non-hydrogen) atoms. The average Bonchev–Trinajstić information content (AvgIpc) is 2.47. The van der Waals surface area contributed by atoms with E-state index in [1.165, 1.54) is 19.3 Å². The van der Waals surface area contributed by atoms with E-state index in [0.717, 1.165) is 45.5 Å². The van der Waals surface area contributed by atoms with Crippen LogP contribution in [0.3, 0.4) is 0 Å². The Balaban J connectivity index is 1.50. The molecule has 3 fully saturated rings. The zero-order valence-corrected chi connectivity index (χ0v) is 13.5. The SMILES string of the molecule is CC(O)C/C=C\CCCCCCC12OCC(C)(CO1)CO2. The summed E-state index contributed by atoms with van der Waals surface area (Å²) in [6, 6.07) is 0. The van der Waals surface area contributed by atoms with Crippen LogP contribution in [0, 0.1) is 5.41 Å². The molecule has 2 bridgehead atoms. The van der Waals surface area contributed by atoms with Gasteiger partial charge in [-0.25, -0.2) is 0 Å². The van der Waals surface area contributed by atoms with Crippen molar-refractivity contribution in [1.82, 2.24) is 0 Å². The molecule has 0 aromatic carbocycles. The van der Waals surface area contributed by atoms with E-state index in [1.807, 2.05) is 6.92 Å². The highest BCUT2D eigenvalue weighted by atomic mass is 16.9. The van der Waals surface area contributed by atoms with Crippen LogP contribution >= 0.6 is 0 Å². The topological polar surface area (TPSA) is 47.9 Å². The molecule has 3 rings (SSSR count). The van der Waals surface area contributed by atoms with Crippen molar-refractivity contribution < 1.29 is 19.3 Å². The van der Waals surface area contributed by atoms with Crippen molar-refractivity contribution in [2.24, 2.45) is 5.41 Å². The number of ether oxygens (including phenoxy) is 3. The zero-order valence-electron chi connectivity index (χ0n) is 13.5. The van der Waals surface area contributed by atoms with Crippen molar-refractivity contribution in [3.8, 4) is 0 Å². The van der Waals surface area contributed by atoms with Gasteiger partial charge in [0.2, 0.25) is 0 Å². The Kier molecular flexibility index (Phi) is 6.23. The number of aliphatic hydroxyl groups excluding tert-OH is 1. The number of allylic oxidation sites excluding steroid dienone is 1. The minimum atomic E-state index is -0.741. The molecule has 1 unspecified atom stereocenters. The number of hydrogen-bond donors (Lipinski definition) is 1. The lowest BCUT2D eigenvalue weighted by Gasteiger charge is -2.50. The molecule has 4 heteroatoms. The van der Waals surface area contributed by atoms with Crippen LogP contribution in [0.5, 0.6) is 0 Å². The van der Waals surface area contributed by atoms with Crippen molar-refractivity contribution >= 4 is 0 Å². The molecule has 4 nitrogen and oxygen atoms in total. The molecule has 3 aliphatic rings. The third kappa shape index (κ3) is 5.37. The van der Waals surface area contributed by atoms with Gasteiger partial charge >= 0.3 is 0 Å². The van der Waals surface area contributed by atoms with E-state index in [4.69, 9.17) is 19.3 Å². The Morgan fingerprint density at radius 1 is 1.00 bits per heavy atom. The summed E-state index contributed by atoms with van der Waals surface area (Å²) in [6.45, 7) is 6.21. The fourth-order valence-electron chi connectivity index (χ4n) is 2.69. The van der Waals surface area contributed by atoms with Gasteiger partial charge in [0.1, 0.15) is 0 Å². The predicted octanol–water partition coefficient (Wildman–Crippen LogP) is 3.39. The van der Waals surface area contributed by atoms with E-state index in [9.17, 15) is 0 Å². The first-order chi connectivity index (χ1) is 10.0. The van der Waals surface area contributed by atoms with Gasteiger partial charge in [-0.2, -0.15) is 0 Å². The first kappa shape index (κ1) is 16.9. The van der Waals surface area contributed by atoms with Crippen molar-refractivity contribution in [3.05, 3.63) is 12.2 Å². The second-order valence-electron chi connectivity index (χ2n) is 6.87. The summed E-state index contributed by atoms with van der Waals surface area (Å²) in [4.78, 5) is 0. The number of rotatable bonds is 9. The van der Waals surface area contributed by atoms with E-state index in [0.29, 0.717) is 0 Å². The van der Waals surface area contributed by atoms with E-state index >= 15 is 0 Å². The predicted molar refractivity (Wildman–Crippen MR) is 81.8 cm³/mol.